The van der Waals surface area contributed by atoms with Gasteiger partial charge in [-0.05, 0) is 181 Å². The summed E-state index contributed by atoms with van der Waals surface area (Å²) in [6, 6.07) is 75.6. The average molecular weight is 1070 g/mol. The van der Waals surface area contributed by atoms with Crippen LogP contribution >= 0.6 is 0 Å². The van der Waals surface area contributed by atoms with Crippen LogP contribution in [0.25, 0.3) is 33.4 Å². The molecule has 2 aliphatic carbocycles. The van der Waals surface area contributed by atoms with E-state index < -0.39 is 0 Å². The van der Waals surface area contributed by atoms with E-state index >= 15 is 0 Å². The van der Waals surface area contributed by atoms with Crippen molar-refractivity contribution >= 4 is 68.6 Å². The summed E-state index contributed by atoms with van der Waals surface area (Å²) in [4.78, 5) is 8.25. The molecule has 82 heavy (non-hydrogen) atoms. The van der Waals surface area contributed by atoms with Crippen LogP contribution in [0.1, 0.15) is 149 Å². The third kappa shape index (κ3) is 8.04. The van der Waals surface area contributed by atoms with Crippen LogP contribution in [0.15, 0.2) is 194 Å². The van der Waals surface area contributed by atoms with Crippen molar-refractivity contribution in [2.45, 2.75) is 154 Å². The molecule has 1 fully saturated rings. The summed E-state index contributed by atoms with van der Waals surface area (Å²) in [6.45, 7) is 29.3. The summed E-state index contributed by atoms with van der Waals surface area (Å²) in [7, 11) is 0. The lowest BCUT2D eigenvalue weighted by molar-refractivity contribution is 0.195. The van der Waals surface area contributed by atoms with Gasteiger partial charge in [-0.25, -0.2) is 0 Å². The second-order valence-electron chi connectivity index (χ2n) is 28.8. The van der Waals surface area contributed by atoms with Crippen molar-refractivity contribution in [3.8, 4) is 33.4 Å². The topological polar surface area (TPSA) is 9.72 Å². The van der Waals surface area contributed by atoms with E-state index in [2.05, 4.69) is 292 Å². The number of fused-ring (bicyclic) bond motifs is 8. The summed E-state index contributed by atoms with van der Waals surface area (Å²) in [6.07, 6.45) is 7.00. The summed E-state index contributed by atoms with van der Waals surface area (Å²) < 4.78 is 0. The first kappa shape index (κ1) is 52.5. The molecule has 3 aliphatic heterocycles. The molecule has 0 spiro atoms. The molecule has 410 valence electrons. The zero-order valence-electron chi connectivity index (χ0n) is 50.6. The molecule has 2 unspecified atom stereocenters. The number of benzene rings is 9. The number of hydrogen-bond acceptors (Lipinski definition) is 3. The van der Waals surface area contributed by atoms with Crippen LogP contribution < -0.4 is 31.1 Å². The Labute approximate surface area is 490 Å². The highest BCUT2D eigenvalue weighted by Gasteiger charge is 2.58. The maximum atomic E-state index is 2.84. The summed E-state index contributed by atoms with van der Waals surface area (Å²) in [5.41, 5.74) is 28.3. The lowest BCUT2D eigenvalue weighted by Crippen LogP contribution is -2.62. The van der Waals surface area contributed by atoms with E-state index in [1.54, 1.807) is 0 Å². The van der Waals surface area contributed by atoms with Crippen LogP contribution in [0.5, 0.6) is 0 Å². The molecule has 5 aliphatic rings. The second kappa shape index (κ2) is 18.5. The SMILES string of the molecule is CC(C)(C)c1ccc(N2c3cc4c(cc3B3c5cc(-c6ccccc6)ccc5N(c5ccc(-c6ccccc6)cc5)c5cc(N6c7ccc(C(C)(C)C)cc7C7(C)CCCCC67C)cc2c53)C(C)(C)CCC4(C)C)c(-c2ccccc2)c1. The first-order valence-corrected chi connectivity index (χ1v) is 30.6. The van der Waals surface area contributed by atoms with E-state index in [1.165, 1.54) is 130 Å². The fourth-order valence-corrected chi connectivity index (χ4v) is 15.6. The zero-order valence-corrected chi connectivity index (χ0v) is 50.6. The monoisotopic (exact) mass is 1070 g/mol. The minimum atomic E-state index is -0.181. The molecule has 0 bridgehead atoms. The summed E-state index contributed by atoms with van der Waals surface area (Å²) >= 11 is 0. The van der Waals surface area contributed by atoms with Gasteiger partial charge in [0.25, 0.3) is 6.71 Å². The Kier molecular flexibility index (Phi) is 11.8. The van der Waals surface area contributed by atoms with Crippen molar-refractivity contribution in [1.82, 2.24) is 0 Å². The van der Waals surface area contributed by atoms with Crippen LogP contribution in [-0.2, 0) is 27.1 Å². The number of rotatable bonds is 6. The highest BCUT2D eigenvalue weighted by Crippen LogP contribution is 2.63. The van der Waals surface area contributed by atoms with Gasteiger partial charge in [0.1, 0.15) is 0 Å². The maximum Gasteiger partial charge on any atom is 0.252 e. The van der Waals surface area contributed by atoms with Crippen molar-refractivity contribution in [2.75, 3.05) is 14.7 Å². The first-order valence-electron chi connectivity index (χ1n) is 30.6. The molecule has 0 radical (unpaired) electrons. The van der Waals surface area contributed by atoms with Gasteiger partial charge in [-0.2, -0.15) is 0 Å². The van der Waals surface area contributed by atoms with Gasteiger partial charge in [0.2, 0.25) is 0 Å². The van der Waals surface area contributed by atoms with E-state index in [1.807, 2.05) is 0 Å². The van der Waals surface area contributed by atoms with Crippen molar-refractivity contribution in [2.24, 2.45) is 0 Å². The quantitative estimate of drug-likeness (QED) is 0.154. The Morgan fingerprint density at radius 2 is 0.866 bits per heavy atom. The molecular weight excluding hydrogens is 990 g/mol. The minimum Gasteiger partial charge on any atom is -0.334 e. The molecule has 3 nitrogen and oxygen atoms in total. The summed E-state index contributed by atoms with van der Waals surface area (Å²) in [5.74, 6) is 0. The van der Waals surface area contributed by atoms with Crippen molar-refractivity contribution in [1.29, 1.82) is 0 Å². The van der Waals surface area contributed by atoms with E-state index in [4.69, 9.17) is 0 Å². The predicted molar refractivity (Wildman–Crippen MR) is 352 cm³/mol. The average Bonchev–Trinajstić information content (AvgIpc) is 2.50. The van der Waals surface area contributed by atoms with E-state index in [0.717, 1.165) is 31.4 Å². The Hall–Kier alpha value is -7.56. The maximum absolute atomic E-state index is 2.84. The third-order valence-corrected chi connectivity index (χ3v) is 20.8. The van der Waals surface area contributed by atoms with Gasteiger partial charge in [-0.1, -0.05) is 229 Å². The Balaban J connectivity index is 1.14. The third-order valence-electron chi connectivity index (χ3n) is 20.8. The smallest absolute Gasteiger partial charge is 0.252 e. The van der Waals surface area contributed by atoms with Gasteiger partial charge >= 0.3 is 0 Å². The number of hydrogen-bond donors (Lipinski definition) is 0. The van der Waals surface area contributed by atoms with Gasteiger partial charge in [0, 0.05) is 50.8 Å². The van der Waals surface area contributed by atoms with Crippen LogP contribution in [0.3, 0.4) is 0 Å². The van der Waals surface area contributed by atoms with E-state index in [9.17, 15) is 0 Å². The van der Waals surface area contributed by atoms with Gasteiger partial charge in [0.05, 0.1) is 11.2 Å². The van der Waals surface area contributed by atoms with Crippen molar-refractivity contribution in [3.05, 3.63) is 222 Å². The van der Waals surface area contributed by atoms with Gasteiger partial charge in [0.15, 0.2) is 0 Å². The normalized spacial score (nSPS) is 20.1. The molecule has 0 aromatic heterocycles. The fourth-order valence-electron chi connectivity index (χ4n) is 15.6. The fraction of sp³-hybridized carbons (Fsp3) is 0.308. The van der Waals surface area contributed by atoms with Crippen LogP contribution in [0.4, 0.5) is 45.5 Å². The van der Waals surface area contributed by atoms with Gasteiger partial charge < -0.3 is 14.7 Å². The molecule has 4 heteroatoms. The van der Waals surface area contributed by atoms with Crippen LogP contribution in [0, 0.1) is 0 Å². The largest absolute Gasteiger partial charge is 0.334 e. The predicted octanol–water partition coefficient (Wildman–Crippen LogP) is 19.5. The van der Waals surface area contributed by atoms with Crippen molar-refractivity contribution < 1.29 is 0 Å². The highest BCUT2D eigenvalue weighted by molar-refractivity contribution is 7.00. The van der Waals surface area contributed by atoms with Gasteiger partial charge in [-0.3, -0.25) is 0 Å². The second-order valence-corrected chi connectivity index (χ2v) is 28.8. The molecule has 0 saturated heterocycles. The van der Waals surface area contributed by atoms with Gasteiger partial charge in [-0.15, -0.1) is 0 Å². The van der Waals surface area contributed by atoms with E-state index in [-0.39, 0.29) is 39.3 Å². The molecule has 1 saturated carbocycles. The van der Waals surface area contributed by atoms with E-state index in [0.29, 0.717) is 0 Å². The van der Waals surface area contributed by atoms with Crippen LogP contribution in [0.2, 0.25) is 0 Å². The molecule has 0 N–H and O–H groups in total. The molecule has 9 aromatic carbocycles. The first-order chi connectivity index (χ1) is 39.1. The molecule has 3 heterocycles. The lowest BCUT2D eigenvalue weighted by Gasteiger charge is -2.51. The molecular formula is C78H80BN3. The molecule has 14 rings (SSSR count). The Morgan fingerprint density at radius 1 is 0.366 bits per heavy atom. The Bertz CT molecular complexity index is 3990. The highest BCUT2D eigenvalue weighted by atomic mass is 15.3. The zero-order chi connectivity index (χ0) is 56.9. The molecule has 2 atom stereocenters. The standard InChI is InChI=1S/C78H80BN3/c1-73(2,3)56-33-38-66(60(45-56)54-28-20-15-21-29-54)81-69-50-62-61(75(7,8)42-43-76(62,9)10)49-65(69)79-64-44-55(52-26-18-14-19-27-52)32-37-68(64)80(58-35-30-53(31-36-58)51-24-16-13-17-25-51)70-47-59(48-71(81)72(70)79)82-67-39-34-57(74(4,5)6)46-63(67)77(11)40-22-23-41-78(77,82)12/h13-21,24-39,44-50H,22-23,40-43H2,1-12H3. The lowest BCUT2D eigenvalue weighted by atomic mass is 9.33. The van der Waals surface area contributed by atoms with Crippen LogP contribution in [-0.4, -0.2) is 12.3 Å². The summed E-state index contributed by atoms with van der Waals surface area (Å²) in [5, 5.41) is 0. The minimum absolute atomic E-state index is 0.00472. The molecule has 9 aromatic rings. The number of anilines is 8. The number of nitrogens with zero attached hydrogens (tertiary/aromatic N) is 3. The molecule has 0 amide bonds. The Morgan fingerprint density at radius 3 is 1.49 bits per heavy atom. The van der Waals surface area contributed by atoms with Crippen molar-refractivity contribution in [3.63, 3.8) is 0 Å².